The number of piperazine rings is 1. The molecule has 1 aliphatic heterocycles. The summed E-state index contributed by atoms with van der Waals surface area (Å²) >= 11 is 6.39. The Morgan fingerprint density at radius 3 is 2.14 bits per heavy atom. The Morgan fingerprint density at radius 1 is 0.857 bits per heavy atom. The summed E-state index contributed by atoms with van der Waals surface area (Å²) < 4.78 is 5.56. The van der Waals surface area contributed by atoms with Gasteiger partial charge in [0.15, 0.2) is 0 Å². The minimum atomic E-state index is 0.0998. The maximum Gasteiger partial charge on any atom is 0.244 e. The first kappa shape index (κ1) is 19.1. The smallest absolute Gasteiger partial charge is 0.244 e. The number of hydrogen-bond donors (Lipinski definition) is 0. The van der Waals surface area contributed by atoms with Gasteiger partial charge in [0.05, 0.1) is 6.04 Å². The van der Waals surface area contributed by atoms with Crippen molar-refractivity contribution in [2.24, 2.45) is 0 Å². The van der Waals surface area contributed by atoms with Gasteiger partial charge in [0, 0.05) is 42.8 Å². The fourth-order valence-electron chi connectivity index (χ4n) is 3.79. The van der Waals surface area contributed by atoms with Crippen molar-refractivity contribution >= 4 is 11.6 Å². The van der Waals surface area contributed by atoms with Gasteiger partial charge in [-0.15, -0.1) is 0 Å². The van der Waals surface area contributed by atoms with Gasteiger partial charge in [0.25, 0.3) is 0 Å². The van der Waals surface area contributed by atoms with Gasteiger partial charge >= 0.3 is 0 Å². The summed E-state index contributed by atoms with van der Waals surface area (Å²) in [6, 6.07) is 18.4. The van der Waals surface area contributed by atoms with E-state index in [9.17, 15) is 0 Å². The molecule has 1 aromatic heterocycles. The van der Waals surface area contributed by atoms with Gasteiger partial charge in [-0.05, 0) is 25.5 Å². The third-order valence-corrected chi connectivity index (χ3v) is 5.97. The summed E-state index contributed by atoms with van der Waals surface area (Å²) in [5.41, 5.74) is 2.16. The Labute approximate surface area is 170 Å². The number of aromatic nitrogens is 2. The third kappa shape index (κ3) is 3.97. The van der Waals surface area contributed by atoms with Gasteiger partial charge in [0.2, 0.25) is 11.7 Å². The van der Waals surface area contributed by atoms with Crippen LogP contribution in [0.4, 0.5) is 0 Å². The molecular formula is C22H25ClN4O. The molecule has 2 unspecified atom stereocenters. The first-order chi connectivity index (χ1) is 13.6. The number of halogens is 1. The van der Waals surface area contributed by atoms with Crippen molar-refractivity contribution < 1.29 is 4.52 Å². The minimum Gasteiger partial charge on any atom is -0.337 e. The van der Waals surface area contributed by atoms with Gasteiger partial charge in [-0.1, -0.05) is 65.3 Å². The second-order valence-corrected chi connectivity index (χ2v) is 7.67. The molecule has 5 nitrogen and oxygen atoms in total. The van der Waals surface area contributed by atoms with Crippen LogP contribution in [0, 0.1) is 0 Å². The predicted molar refractivity (Wildman–Crippen MR) is 111 cm³/mol. The average Bonchev–Trinajstić information content (AvgIpc) is 3.24. The van der Waals surface area contributed by atoms with Crippen LogP contribution in [0.1, 0.15) is 37.4 Å². The lowest BCUT2D eigenvalue weighted by Crippen LogP contribution is -2.47. The first-order valence-corrected chi connectivity index (χ1v) is 10.1. The highest BCUT2D eigenvalue weighted by Gasteiger charge is 2.28. The quantitative estimate of drug-likeness (QED) is 0.618. The molecular weight excluding hydrogens is 372 g/mol. The number of benzene rings is 2. The van der Waals surface area contributed by atoms with E-state index in [1.165, 1.54) is 5.56 Å². The Balaban J connectivity index is 1.39. The van der Waals surface area contributed by atoms with Crippen LogP contribution in [-0.2, 0) is 0 Å². The predicted octanol–water partition coefficient (Wildman–Crippen LogP) is 4.83. The van der Waals surface area contributed by atoms with Crippen LogP contribution in [0.3, 0.4) is 0 Å². The highest BCUT2D eigenvalue weighted by atomic mass is 35.5. The Hall–Kier alpha value is -2.21. The molecule has 1 saturated heterocycles. The van der Waals surface area contributed by atoms with Crippen LogP contribution in [0.5, 0.6) is 0 Å². The summed E-state index contributed by atoms with van der Waals surface area (Å²) in [4.78, 5) is 9.50. The molecule has 3 aromatic rings. The van der Waals surface area contributed by atoms with Crippen LogP contribution in [0.15, 0.2) is 59.1 Å². The van der Waals surface area contributed by atoms with Crippen LogP contribution >= 0.6 is 11.6 Å². The van der Waals surface area contributed by atoms with Crippen molar-refractivity contribution in [2.45, 2.75) is 25.9 Å². The minimum absolute atomic E-state index is 0.0998. The van der Waals surface area contributed by atoms with Crippen molar-refractivity contribution in [3.63, 3.8) is 0 Å². The summed E-state index contributed by atoms with van der Waals surface area (Å²) in [6.07, 6.45) is 0. The number of hydrogen-bond acceptors (Lipinski definition) is 5. The second kappa shape index (κ2) is 8.43. The molecule has 2 heterocycles. The van der Waals surface area contributed by atoms with Gasteiger partial charge in [-0.25, -0.2) is 0 Å². The molecule has 0 spiro atoms. The lowest BCUT2D eigenvalue weighted by molar-refractivity contribution is 0.0678. The van der Waals surface area contributed by atoms with E-state index in [1.54, 1.807) is 0 Å². The lowest BCUT2D eigenvalue weighted by atomic mass is 10.1. The second-order valence-electron chi connectivity index (χ2n) is 7.27. The molecule has 0 amide bonds. The maximum atomic E-state index is 6.39. The molecule has 0 saturated carbocycles. The summed E-state index contributed by atoms with van der Waals surface area (Å²) in [5.74, 6) is 1.32. The molecule has 0 N–H and O–H groups in total. The average molecular weight is 397 g/mol. The molecule has 1 aliphatic rings. The van der Waals surface area contributed by atoms with Gasteiger partial charge < -0.3 is 4.52 Å². The number of rotatable bonds is 5. The van der Waals surface area contributed by atoms with Crippen molar-refractivity contribution in [1.82, 2.24) is 19.9 Å². The zero-order valence-electron chi connectivity index (χ0n) is 16.3. The zero-order valence-corrected chi connectivity index (χ0v) is 17.0. The maximum absolute atomic E-state index is 6.39. The standard InChI is InChI=1S/C22H25ClN4O/c1-16(19-10-6-7-11-20(19)23)26-12-14-27(15-13-26)17(2)22-24-21(25-28-22)18-8-4-3-5-9-18/h3-11,16-17H,12-15H2,1-2H3. The van der Waals surface area contributed by atoms with E-state index in [1.807, 2.05) is 42.5 Å². The largest absolute Gasteiger partial charge is 0.337 e. The normalized spacial score (nSPS) is 18.1. The third-order valence-electron chi connectivity index (χ3n) is 5.63. The molecule has 2 aromatic carbocycles. The Bertz CT molecular complexity index is 906. The molecule has 2 atom stereocenters. The Morgan fingerprint density at radius 2 is 1.46 bits per heavy atom. The first-order valence-electron chi connectivity index (χ1n) is 9.75. The fraction of sp³-hybridized carbons (Fsp3) is 0.364. The van der Waals surface area contributed by atoms with E-state index >= 15 is 0 Å². The molecule has 6 heteroatoms. The van der Waals surface area contributed by atoms with Crippen LogP contribution in [0.25, 0.3) is 11.4 Å². The topological polar surface area (TPSA) is 45.4 Å². The summed E-state index contributed by atoms with van der Waals surface area (Å²) in [6.45, 7) is 8.24. The van der Waals surface area contributed by atoms with E-state index in [-0.39, 0.29) is 6.04 Å². The van der Waals surface area contributed by atoms with Gasteiger partial charge in [-0.2, -0.15) is 4.98 Å². The number of nitrogens with zero attached hydrogens (tertiary/aromatic N) is 4. The van der Waals surface area contributed by atoms with E-state index in [4.69, 9.17) is 16.1 Å². The van der Waals surface area contributed by atoms with Crippen molar-refractivity contribution in [2.75, 3.05) is 26.2 Å². The van der Waals surface area contributed by atoms with Crippen LogP contribution < -0.4 is 0 Å². The van der Waals surface area contributed by atoms with E-state index in [2.05, 4.69) is 45.9 Å². The summed E-state index contributed by atoms with van der Waals surface area (Å²) in [5, 5.41) is 5.00. The Kier molecular flexibility index (Phi) is 5.76. The van der Waals surface area contributed by atoms with Crippen molar-refractivity contribution in [3.05, 3.63) is 71.1 Å². The zero-order chi connectivity index (χ0) is 19.5. The highest BCUT2D eigenvalue weighted by Crippen LogP contribution is 2.29. The fourth-order valence-corrected chi connectivity index (χ4v) is 4.08. The van der Waals surface area contributed by atoms with Crippen molar-refractivity contribution in [1.29, 1.82) is 0 Å². The van der Waals surface area contributed by atoms with Gasteiger partial charge in [0.1, 0.15) is 0 Å². The van der Waals surface area contributed by atoms with Gasteiger partial charge in [-0.3, -0.25) is 9.80 Å². The lowest BCUT2D eigenvalue weighted by Gasteiger charge is -2.40. The van der Waals surface area contributed by atoms with E-state index in [0.29, 0.717) is 17.8 Å². The molecule has 28 heavy (non-hydrogen) atoms. The summed E-state index contributed by atoms with van der Waals surface area (Å²) in [7, 11) is 0. The van der Waals surface area contributed by atoms with Crippen LogP contribution in [0.2, 0.25) is 5.02 Å². The highest BCUT2D eigenvalue weighted by molar-refractivity contribution is 6.31. The molecule has 1 fully saturated rings. The molecule has 0 bridgehead atoms. The SMILES string of the molecule is CC(c1nc(-c2ccccc2)no1)N1CCN(C(C)c2ccccc2Cl)CC1. The molecule has 4 rings (SSSR count). The van der Waals surface area contributed by atoms with E-state index in [0.717, 1.165) is 36.8 Å². The van der Waals surface area contributed by atoms with Crippen LogP contribution in [-0.4, -0.2) is 46.1 Å². The monoisotopic (exact) mass is 396 g/mol. The molecule has 0 aliphatic carbocycles. The van der Waals surface area contributed by atoms with E-state index < -0.39 is 0 Å². The molecule has 146 valence electrons. The van der Waals surface area contributed by atoms with Crippen molar-refractivity contribution in [3.8, 4) is 11.4 Å². The molecule has 0 radical (unpaired) electrons.